The monoisotopic (exact) mass is 604 g/mol. The maximum absolute atomic E-state index is 13.4. The van der Waals surface area contributed by atoms with Gasteiger partial charge in [-0.2, -0.15) is 0 Å². The Morgan fingerprint density at radius 1 is 1.05 bits per heavy atom. The van der Waals surface area contributed by atoms with Crippen LogP contribution < -0.4 is 29.4 Å². The number of aromatic nitrogens is 4. The minimum absolute atomic E-state index is 0.0314. The lowest BCUT2D eigenvalue weighted by Crippen LogP contribution is -2.75. The molecule has 2 aromatic heterocycles. The number of carbonyl (C=O) groups is 1. The molecule has 0 atom stereocenters. The SMILES string of the molecule is NC(=O)C12CC(S(=O)(=O)Nc3ncnc(OCCOc4ncc(Br)cn4)c3-c3ccc4c(c3)OCO4)(C1)C2. The summed E-state index contributed by atoms with van der Waals surface area (Å²) in [4.78, 5) is 28.2. The fraction of sp³-hybridized carbons (Fsp3) is 0.348. The molecule has 3 heterocycles. The quantitative estimate of drug-likeness (QED) is 0.323. The topological polar surface area (TPSA) is 178 Å². The number of nitrogens with two attached hydrogens (primary N) is 1. The summed E-state index contributed by atoms with van der Waals surface area (Å²) < 4.78 is 51.3. The Hall–Kier alpha value is -3.72. The number of nitrogens with zero attached hydrogens (tertiary/aromatic N) is 4. The van der Waals surface area contributed by atoms with Gasteiger partial charge in [0.15, 0.2) is 17.3 Å². The normalized spacial score (nSPS) is 22.7. The lowest BCUT2D eigenvalue weighted by Gasteiger charge is -2.66. The number of benzene rings is 1. The zero-order chi connectivity index (χ0) is 26.5. The number of halogens is 1. The Labute approximate surface area is 225 Å². The van der Waals surface area contributed by atoms with Gasteiger partial charge in [-0.3, -0.25) is 9.52 Å². The molecule has 2 bridgehead atoms. The van der Waals surface area contributed by atoms with Crippen molar-refractivity contribution in [2.45, 2.75) is 24.0 Å². The third kappa shape index (κ3) is 4.05. The predicted octanol–water partition coefficient (Wildman–Crippen LogP) is 2.03. The van der Waals surface area contributed by atoms with E-state index in [0.717, 1.165) is 0 Å². The second-order valence-corrected chi connectivity index (χ2v) is 12.3. The molecule has 3 aliphatic carbocycles. The van der Waals surface area contributed by atoms with Crippen molar-refractivity contribution in [2.24, 2.45) is 11.1 Å². The molecule has 3 saturated carbocycles. The van der Waals surface area contributed by atoms with E-state index in [2.05, 4.69) is 40.6 Å². The summed E-state index contributed by atoms with van der Waals surface area (Å²) in [6, 6.07) is 5.31. The number of rotatable bonds is 10. The summed E-state index contributed by atoms with van der Waals surface area (Å²) in [6.45, 7) is 0.239. The van der Waals surface area contributed by atoms with Crippen molar-refractivity contribution in [2.75, 3.05) is 24.7 Å². The minimum atomic E-state index is -3.91. The maximum atomic E-state index is 13.4. The number of carbonyl (C=O) groups excluding carboxylic acids is 1. The van der Waals surface area contributed by atoms with Crippen LogP contribution in [0, 0.1) is 5.41 Å². The standard InChI is InChI=1S/C23H21BrN6O7S/c24-14-6-26-21(27-7-14)35-4-3-34-19-17(13-1-2-15-16(5-13)37-12-36-15)18(28-11-29-19)30-38(32,33)23-8-22(9-23,10-23)20(25)31/h1-2,5-7,11H,3-4,8-10,12H2,(H2,25,31)(H,28,29,30). The molecule has 3 N–H and O–H groups in total. The van der Waals surface area contributed by atoms with Crippen LogP contribution in [0.15, 0.2) is 41.4 Å². The van der Waals surface area contributed by atoms with Gasteiger partial charge in [0.2, 0.25) is 28.6 Å². The second-order valence-electron chi connectivity index (χ2n) is 9.31. The molecule has 198 valence electrons. The van der Waals surface area contributed by atoms with Gasteiger partial charge in [0.1, 0.15) is 19.5 Å². The lowest BCUT2D eigenvalue weighted by atomic mass is 9.43. The van der Waals surface area contributed by atoms with E-state index < -0.39 is 26.1 Å². The zero-order valence-electron chi connectivity index (χ0n) is 19.7. The van der Waals surface area contributed by atoms with Crippen LogP contribution in [-0.4, -0.2) is 59.0 Å². The molecule has 0 radical (unpaired) electrons. The first-order chi connectivity index (χ1) is 18.2. The molecule has 0 unspecified atom stereocenters. The third-order valence-electron chi connectivity index (χ3n) is 6.93. The fourth-order valence-electron chi connectivity index (χ4n) is 4.99. The maximum Gasteiger partial charge on any atom is 0.316 e. The van der Waals surface area contributed by atoms with Gasteiger partial charge in [-0.1, -0.05) is 6.07 Å². The Morgan fingerprint density at radius 2 is 1.76 bits per heavy atom. The van der Waals surface area contributed by atoms with Crippen LogP contribution in [0.2, 0.25) is 0 Å². The van der Waals surface area contributed by atoms with Crippen molar-refractivity contribution < 1.29 is 32.2 Å². The van der Waals surface area contributed by atoms with E-state index in [4.69, 9.17) is 24.7 Å². The fourth-order valence-corrected chi connectivity index (χ4v) is 7.22. The average molecular weight is 605 g/mol. The smallest absolute Gasteiger partial charge is 0.316 e. The molecule has 13 nitrogen and oxygen atoms in total. The van der Waals surface area contributed by atoms with Crippen LogP contribution in [-0.2, 0) is 14.8 Å². The molecule has 7 rings (SSSR count). The largest absolute Gasteiger partial charge is 0.473 e. The van der Waals surface area contributed by atoms with Gasteiger partial charge in [0.25, 0.3) is 0 Å². The molecule has 38 heavy (non-hydrogen) atoms. The number of primary amides is 1. The third-order valence-corrected chi connectivity index (χ3v) is 9.37. The molecule has 1 aliphatic heterocycles. The average Bonchev–Trinajstić information content (AvgIpc) is 3.28. The van der Waals surface area contributed by atoms with E-state index in [1.807, 2.05) is 0 Å². The van der Waals surface area contributed by atoms with E-state index in [0.29, 0.717) is 27.1 Å². The molecule has 1 aromatic carbocycles. The van der Waals surface area contributed by atoms with E-state index >= 15 is 0 Å². The van der Waals surface area contributed by atoms with Gasteiger partial charge >= 0.3 is 6.01 Å². The van der Waals surface area contributed by atoms with Gasteiger partial charge in [0, 0.05) is 12.4 Å². The molecule has 0 saturated heterocycles. The van der Waals surface area contributed by atoms with Gasteiger partial charge in [-0.15, -0.1) is 0 Å². The number of nitrogens with one attached hydrogen (secondary N) is 1. The Bertz CT molecular complexity index is 1520. The van der Waals surface area contributed by atoms with Gasteiger partial charge in [-0.05, 0) is 52.9 Å². The van der Waals surface area contributed by atoms with Crippen molar-refractivity contribution in [3.63, 3.8) is 0 Å². The summed E-state index contributed by atoms with van der Waals surface area (Å²) in [5.41, 5.74) is 5.59. The first kappa shape index (κ1) is 24.6. The van der Waals surface area contributed by atoms with Crippen molar-refractivity contribution in [1.82, 2.24) is 19.9 Å². The van der Waals surface area contributed by atoms with Crippen LogP contribution in [0.5, 0.6) is 23.4 Å². The van der Waals surface area contributed by atoms with E-state index in [9.17, 15) is 13.2 Å². The van der Waals surface area contributed by atoms with Crippen LogP contribution in [0.25, 0.3) is 11.1 Å². The van der Waals surface area contributed by atoms with Gasteiger partial charge in [0.05, 0.1) is 20.2 Å². The number of sulfonamides is 1. The van der Waals surface area contributed by atoms with Crippen LogP contribution >= 0.6 is 15.9 Å². The second kappa shape index (κ2) is 8.94. The molecule has 4 aliphatic rings. The highest BCUT2D eigenvalue weighted by atomic mass is 79.9. The van der Waals surface area contributed by atoms with Crippen LogP contribution in [0.4, 0.5) is 5.82 Å². The Kier molecular flexibility index (Phi) is 5.79. The molecule has 0 spiro atoms. The Morgan fingerprint density at radius 3 is 2.50 bits per heavy atom. The predicted molar refractivity (Wildman–Crippen MR) is 135 cm³/mol. The van der Waals surface area contributed by atoms with Crippen molar-refractivity contribution in [3.8, 4) is 34.5 Å². The molecule has 15 heteroatoms. The molecule has 1 amide bonds. The number of hydrogen-bond acceptors (Lipinski definition) is 11. The van der Waals surface area contributed by atoms with Crippen LogP contribution in [0.1, 0.15) is 19.3 Å². The molecular weight excluding hydrogens is 584 g/mol. The summed E-state index contributed by atoms with van der Waals surface area (Å²) in [7, 11) is -3.91. The van der Waals surface area contributed by atoms with Gasteiger partial charge < -0.3 is 24.7 Å². The minimum Gasteiger partial charge on any atom is -0.473 e. The van der Waals surface area contributed by atoms with E-state index in [1.165, 1.54) is 6.33 Å². The summed E-state index contributed by atoms with van der Waals surface area (Å²) in [5, 5.41) is 0. The zero-order valence-corrected chi connectivity index (χ0v) is 22.1. The number of anilines is 1. The number of fused-ring (bicyclic) bond motifs is 1. The van der Waals surface area contributed by atoms with E-state index in [-0.39, 0.29) is 57.0 Å². The first-order valence-corrected chi connectivity index (χ1v) is 13.8. The highest BCUT2D eigenvalue weighted by Gasteiger charge is 2.77. The van der Waals surface area contributed by atoms with Crippen molar-refractivity contribution >= 4 is 37.7 Å². The highest BCUT2D eigenvalue weighted by Crippen LogP contribution is 2.70. The first-order valence-electron chi connectivity index (χ1n) is 11.5. The molecule has 3 aromatic rings. The Balaban J connectivity index is 1.26. The van der Waals surface area contributed by atoms with Crippen LogP contribution in [0.3, 0.4) is 0 Å². The summed E-state index contributed by atoms with van der Waals surface area (Å²) in [6.07, 6.45) is 4.88. The summed E-state index contributed by atoms with van der Waals surface area (Å²) in [5.74, 6) is 0.740. The summed E-state index contributed by atoms with van der Waals surface area (Å²) >= 11 is 3.26. The highest BCUT2D eigenvalue weighted by molar-refractivity contribution is 9.10. The van der Waals surface area contributed by atoms with Crippen molar-refractivity contribution in [3.05, 3.63) is 41.4 Å². The molecule has 3 fully saturated rings. The molecular formula is C23H21BrN6O7S. The van der Waals surface area contributed by atoms with Gasteiger partial charge in [-0.25, -0.2) is 28.4 Å². The van der Waals surface area contributed by atoms with Crippen molar-refractivity contribution in [1.29, 1.82) is 0 Å². The number of hydrogen-bond donors (Lipinski definition) is 2. The van der Waals surface area contributed by atoms with E-state index in [1.54, 1.807) is 30.6 Å². The number of ether oxygens (including phenoxy) is 4. The number of amides is 1. The lowest BCUT2D eigenvalue weighted by molar-refractivity contribution is -0.154.